The van der Waals surface area contributed by atoms with Gasteiger partial charge in [-0.1, -0.05) is 12.1 Å². The van der Waals surface area contributed by atoms with Gasteiger partial charge in [-0.2, -0.15) is 0 Å². The summed E-state index contributed by atoms with van der Waals surface area (Å²) in [4.78, 5) is 65.2. The van der Waals surface area contributed by atoms with Crippen LogP contribution in [0.15, 0.2) is 73.2 Å². The van der Waals surface area contributed by atoms with Crippen molar-refractivity contribution in [3.63, 3.8) is 0 Å². The standard InChI is InChI=1S/C42H41FN6O7/c43-26(23-54-28-3-5-32-33(20-28)42(53)49(41(32)52)37-6-7-38(50)47-40(37)51)10-14-48-15-11-27(12-16-48)55-29-18-30(19-29)56-39-8-2-25(21-45-39)24-1-4-31-34-22-44-13-9-35(34)46-36(31)17-24/h1-5,8-9,13,17,20-22,26-27,29-30,37,46H,6-7,10-12,14-16,18-19,23H2,(H,47,50,51)/t26?,29-,30-,37?. The Kier molecular flexibility index (Phi) is 9.67. The van der Waals surface area contributed by atoms with Gasteiger partial charge in [0.25, 0.3) is 11.8 Å². The lowest BCUT2D eigenvalue weighted by molar-refractivity contribution is -0.136. The normalized spacial score (nSPS) is 22.3. The second kappa shape index (κ2) is 15.1. The van der Waals surface area contributed by atoms with Gasteiger partial charge in [0.05, 0.1) is 23.3 Å². The Bertz CT molecular complexity index is 2320. The zero-order valence-corrected chi connectivity index (χ0v) is 30.6. The molecule has 56 heavy (non-hydrogen) atoms. The second-order valence-corrected chi connectivity index (χ2v) is 15.1. The van der Waals surface area contributed by atoms with E-state index in [2.05, 4.69) is 43.4 Å². The molecular formula is C42H41FN6O7. The quantitative estimate of drug-likeness (QED) is 0.159. The molecule has 9 rings (SSSR count). The lowest BCUT2D eigenvalue weighted by Crippen LogP contribution is -2.54. The average Bonchev–Trinajstić information content (AvgIpc) is 3.69. The number of amides is 4. The Morgan fingerprint density at radius 1 is 0.821 bits per heavy atom. The van der Waals surface area contributed by atoms with Crippen LogP contribution in [0, 0.1) is 0 Å². The number of H-pyrrole nitrogens is 1. The minimum absolute atomic E-state index is 0.0417. The zero-order chi connectivity index (χ0) is 38.3. The van der Waals surface area contributed by atoms with Crippen molar-refractivity contribution in [2.45, 2.75) is 75.5 Å². The number of pyridine rings is 2. The number of aromatic amines is 1. The maximum absolute atomic E-state index is 14.9. The molecular weight excluding hydrogens is 719 g/mol. The predicted molar refractivity (Wildman–Crippen MR) is 203 cm³/mol. The van der Waals surface area contributed by atoms with E-state index in [9.17, 15) is 23.6 Å². The van der Waals surface area contributed by atoms with Crippen LogP contribution in [0.4, 0.5) is 4.39 Å². The van der Waals surface area contributed by atoms with Crippen molar-refractivity contribution in [2.24, 2.45) is 0 Å². The van der Waals surface area contributed by atoms with Crippen LogP contribution in [0.25, 0.3) is 32.9 Å². The number of imide groups is 2. The van der Waals surface area contributed by atoms with Crippen LogP contribution in [0.2, 0.25) is 0 Å². The highest BCUT2D eigenvalue weighted by Gasteiger charge is 2.45. The number of hydrogen-bond acceptors (Lipinski definition) is 10. The number of benzene rings is 2. The summed E-state index contributed by atoms with van der Waals surface area (Å²) in [6, 6.07) is 15.6. The van der Waals surface area contributed by atoms with Crippen molar-refractivity contribution in [1.82, 2.24) is 30.1 Å². The number of alkyl halides is 1. The largest absolute Gasteiger partial charge is 0.491 e. The van der Waals surface area contributed by atoms with E-state index in [1.165, 1.54) is 18.2 Å². The van der Waals surface area contributed by atoms with Crippen molar-refractivity contribution in [3.8, 4) is 22.8 Å². The third kappa shape index (κ3) is 7.21. The first-order valence-corrected chi connectivity index (χ1v) is 19.2. The first-order valence-electron chi connectivity index (χ1n) is 19.2. The average molecular weight is 761 g/mol. The number of aromatic nitrogens is 3. The van der Waals surface area contributed by atoms with Crippen molar-refractivity contribution in [2.75, 3.05) is 26.2 Å². The van der Waals surface area contributed by atoms with Gasteiger partial charge >= 0.3 is 0 Å². The summed E-state index contributed by atoms with van der Waals surface area (Å²) in [6.07, 6.45) is 8.54. The maximum Gasteiger partial charge on any atom is 0.262 e. The summed E-state index contributed by atoms with van der Waals surface area (Å²) in [7, 11) is 0. The molecule has 2 saturated heterocycles. The van der Waals surface area contributed by atoms with E-state index >= 15 is 0 Å². The molecule has 4 aliphatic rings. The van der Waals surface area contributed by atoms with Crippen LogP contribution < -0.4 is 14.8 Å². The Morgan fingerprint density at radius 2 is 1.64 bits per heavy atom. The number of hydrogen-bond donors (Lipinski definition) is 2. The SMILES string of the molecule is O=C1CCC(N2C(=O)c3ccc(OCC(F)CCN4CCC(O[C@H]5C[C@H](Oc6ccc(-c7ccc8c(c7)[nH]c7ccncc78)cn6)C5)CC4)cc3C2=O)C(=O)N1. The Labute approximate surface area is 321 Å². The van der Waals surface area contributed by atoms with Crippen molar-refractivity contribution in [3.05, 3.63) is 84.3 Å². The lowest BCUT2D eigenvalue weighted by atomic mass is 9.91. The molecule has 2 N–H and O–H groups in total. The van der Waals surface area contributed by atoms with Gasteiger partial charge in [-0.3, -0.25) is 34.4 Å². The Balaban J connectivity index is 0.670. The Hall–Kier alpha value is -5.73. The number of nitrogens with one attached hydrogen (secondary N) is 2. The van der Waals surface area contributed by atoms with Crippen molar-refractivity contribution in [1.29, 1.82) is 0 Å². The molecule has 1 aliphatic carbocycles. The molecule has 0 bridgehead atoms. The fraction of sp³-hybridized carbons (Fsp3) is 0.381. The summed E-state index contributed by atoms with van der Waals surface area (Å²) in [5.74, 6) is -1.46. The third-order valence-electron chi connectivity index (χ3n) is 11.3. The molecule has 14 heteroatoms. The number of piperidine rings is 2. The van der Waals surface area contributed by atoms with Gasteiger partial charge in [-0.15, -0.1) is 0 Å². The van der Waals surface area contributed by atoms with Crippen molar-refractivity contribution >= 4 is 45.4 Å². The van der Waals surface area contributed by atoms with E-state index in [1.807, 2.05) is 30.6 Å². The number of carbonyl (C=O) groups is 4. The van der Waals surface area contributed by atoms with Gasteiger partial charge in [0.1, 0.15) is 30.7 Å². The number of halogens is 1. The molecule has 13 nitrogen and oxygen atoms in total. The summed E-state index contributed by atoms with van der Waals surface area (Å²) in [5, 5.41) is 4.43. The van der Waals surface area contributed by atoms with E-state index in [1.54, 1.807) is 6.20 Å². The van der Waals surface area contributed by atoms with Crippen LogP contribution >= 0.6 is 0 Å². The Morgan fingerprint density at radius 3 is 2.45 bits per heavy atom. The van der Waals surface area contributed by atoms with E-state index in [-0.39, 0.29) is 54.6 Å². The van der Waals surface area contributed by atoms with E-state index < -0.39 is 35.8 Å². The van der Waals surface area contributed by atoms with Crippen molar-refractivity contribution < 1.29 is 37.8 Å². The predicted octanol–water partition coefficient (Wildman–Crippen LogP) is 5.38. The molecule has 1 saturated carbocycles. The maximum atomic E-state index is 14.9. The number of nitrogens with zero attached hydrogens (tertiary/aromatic N) is 4. The molecule has 2 aromatic carbocycles. The van der Waals surface area contributed by atoms with Crippen LogP contribution in [0.3, 0.4) is 0 Å². The molecule has 6 heterocycles. The molecule has 2 unspecified atom stereocenters. The summed E-state index contributed by atoms with van der Waals surface area (Å²) >= 11 is 0. The highest BCUT2D eigenvalue weighted by molar-refractivity contribution is 6.23. The zero-order valence-electron chi connectivity index (χ0n) is 30.6. The summed E-state index contributed by atoms with van der Waals surface area (Å²) in [5.41, 5.74) is 4.47. The van der Waals surface area contributed by atoms with E-state index in [0.29, 0.717) is 18.8 Å². The molecule has 5 aromatic rings. The number of fused-ring (bicyclic) bond motifs is 4. The number of carbonyl (C=O) groups excluding carboxylic acids is 4. The molecule has 3 aliphatic heterocycles. The highest BCUT2D eigenvalue weighted by Crippen LogP contribution is 2.34. The molecule has 4 amide bonds. The van der Waals surface area contributed by atoms with Crippen LogP contribution in [-0.2, 0) is 14.3 Å². The molecule has 3 aromatic heterocycles. The highest BCUT2D eigenvalue weighted by atomic mass is 19.1. The van der Waals surface area contributed by atoms with Crippen LogP contribution in [0.1, 0.15) is 65.7 Å². The van der Waals surface area contributed by atoms with E-state index in [4.69, 9.17) is 14.2 Å². The molecule has 2 atom stereocenters. The first-order chi connectivity index (χ1) is 27.3. The molecule has 0 spiro atoms. The van der Waals surface area contributed by atoms with Crippen LogP contribution in [-0.4, -0.2) is 105 Å². The minimum atomic E-state index is -1.22. The van der Waals surface area contributed by atoms with Gasteiger partial charge in [-0.05, 0) is 67.6 Å². The number of ether oxygens (including phenoxy) is 3. The first kappa shape index (κ1) is 35.9. The fourth-order valence-corrected chi connectivity index (χ4v) is 8.12. The monoisotopic (exact) mass is 760 g/mol. The lowest BCUT2D eigenvalue weighted by Gasteiger charge is -2.39. The van der Waals surface area contributed by atoms with Gasteiger partial charge in [0, 0.05) is 90.9 Å². The summed E-state index contributed by atoms with van der Waals surface area (Å²) < 4.78 is 33.1. The van der Waals surface area contributed by atoms with Crippen LogP contribution in [0.5, 0.6) is 11.6 Å². The number of likely N-dealkylation sites (tertiary alicyclic amines) is 1. The smallest absolute Gasteiger partial charge is 0.262 e. The molecule has 0 radical (unpaired) electrons. The van der Waals surface area contributed by atoms with Gasteiger partial charge in [0.2, 0.25) is 17.7 Å². The van der Waals surface area contributed by atoms with Gasteiger partial charge < -0.3 is 24.1 Å². The minimum Gasteiger partial charge on any atom is -0.491 e. The van der Waals surface area contributed by atoms with Gasteiger partial charge in [-0.25, -0.2) is 9.37 Å². The van der Waals surface area contributed by atoms with E-state index in [0.717, 1.165) is 76.6 Å². The second-order valence-electron chi connectivity index (χ2n) is 15.1. The third-order valence-corrected chi connectivity index (χ3v) is 11.3. The molecule has 288 valence electrons. The van der Waals surface area contributed by atoms with Gasteiger partial charge in [0.15, 0.2) is 0 Å². The number of rotatable bonds is 12. The summed E-state index contributed by atoms with van der Waals surface area (Å²) in [6.45, 7) is 2.06. The molecule has 3 fully saturated rings. The fourth-order valence-electron chi connectivity index (χ4n) is 8.12. The topological polar surface area (TPSA) is 156 Å².